The van der Waals surface area contributed by atoms with Gasteiger partial charge in [-0.15, -0.1) is 0 Å². The van der Waals surface area contributed by atoms with E-state index in [0.29, 0.717) is 0 Å². The Morgan fingerprint density at radius 1 is 0.299 bits per heavy atom. The Morgan fingerprint density at radius 2 is 0.806 bits per heavy atom. The maximum atomic E-state index is 6.78. The van der Waals surface area contributed by atoms with Crippen molar-refractivity contribution in [1.29, 1.82) is 0 Å². The second-order valence-corrected chi connectivity index (χ2v) is 17.3. The molecule has 0 saturated heterocycles. The summed E-state index contributed by atoms with van der Waals surface area (Å²) in [5, 5.41) is 7.07. The summed E-state index contributed by atoms with van der Waals surface area (Å²) in [6.45, 7) is 0. The molecule has 2 heterocycles. The lowest BCUT2D eigenvalue weighted by Crippen LogP contribution is -2.11. The molecule has 67 heavy (non-hydrogen) atoms. The second kappa shape index (κ2) is 16.0. The van der Waals surface area contributed by atoms with Gasteiger partial charge in [-0.1, -0.05) is 188 Å². The molecule has 0 N–H and O–H groups in total. The lowest BCUT2D eigenvalue weighted by molar-refractivity contribution is 0.674. The van der Waals surface area contributed by atoms with E-state index in [9.17, 15) is 0 Å². The predicted octanol–water partition coefficient (Wildman–Crippen LogP) is 18.0. The minimum atomic E-state index is 0.902. The summed E-state index contributed by atoms with van der Waals surface area (Å²) < 4.78 is 9.17. The monoisotopic (exact) mass is 854 g/mol. The maximum Gasteiger partial charge on any atom is 0.143 e. The third-order valence-electron chi connectivity index (χ3n) is 13.4. The van der Waals surface area contributed by atoms with Crippen molar-refractivity contribution in [2.45, 2.75) is 0 Å². The summed E-state index contributed by atoms with van der Waals surface area (Å²) >= 11 is 0. The molecule has 0 aliphatic rings. The number of benzene rings is 11. The van der Waals surface area contributed by atoms with E-state index in [2.05, 4.69) is 264 Å². The van der Waals surface area contributed by atoms with E-state index < -0.39 is 0 Å². The quantitative estimate of drug-likeness (QED) is 0.152. The van der Waals surface area contributed by atoms with Crippen LogP contribution in [0, 0.1) is 0 Å². The van der Waals surface area contributed by atoms with Gasteiger partial charge < -0.3 is 13.9 Å². The molecule has 0 aliphatic heterocycles. The van der Waals surface area contributed by atoms with E-state index in [1.807, 2.05) is 0 Å². The molecule has 0 aliphatic carbocycles. The van der Waals surface area contributed by atoms with E-state index in [-0.39, 0.29) is 0 Å². The smallest absolute Gasteiger partial charge is 0.143 e. The highest BCUT2D eigenvalue weighted by atomic mass is 16.3. The zero-order valence-electron chi connectivity index (χ0n) is 36.6. The molecule has 3 heteroatoms. The number of para-hydroxylation sites is 3. The molecule has 3 nitrogen and oxygen atoms in total. The number of hydrogen-bond acceptors (Lipinski definition) is 2. The highest BCUT2D eigenvalue weighted by Gasteiger charge is 2.21. The molecule has 0 amide bonds. The third-order valence-corrected chi connectivity index (χ3v) is 13.4. The van der Waals surface area contributed by atoms with Gasteiger partial charge in [-0.25, -0.2) is 0 Å². The van der Waals surface area contributed by atoms with Crippen LogP contribution in [0.25, 0.3) is 105 Å². The third kappa shape index (κ3) is 6.59. The highest BCUT2D eigenvalue weighted by molar-refractivity contribution is 6.17. The molecule has 0 unspecified atom stereocenters. The van der Waals surface area contributed by atoms with Gasteiger partial charge in [0, 0.05) is 55.1 Å². The normalized spacial score (nSPS) is 11.6. The summed E-state index contributed by atoms with van der Waals surface area (Å²) in [4.78, 5) is 2.40. The molecule has 0 radical (unpaired) electrons. The topological polar surface area (TPSA) is 21.3 Å². The van der Waals surface area contributed by atoms with Gasteiger partial charge in [-0.05, 0) is 105 Å². The van der Waals surface area contributed by atoms with E-state index in [1.165, 1.54) is 38.3 Å². The molecule has 13 rings (SSSR count). The van der Waals surface area contributed by atoms with E-state index in [0.717, 1.165) is 83.5 Å². The Balaban J connectivity index is 0.937. The highest BCUT2D eigenvalue weighted by Crippen LogP contribution is 2.45. The second-order valence-electron chi connectivity index (χ2n) is 17.3. The van der Waals surface area contributed by atoms with Crippen LogP contribution < -0.4 is 4.90 Å². The standard InChI is InChI=1S/C64H42N2O/c1-3-15-43(16-4-1)49-34-40-62(59(42-49)45-17-5-2-6-18-45)65(51-37-31-47(32-38-51)54-25-14-26-57-58-39-33-46-19-7-8-22-53(46)64(58)67-63(54)57)50-35-29-44(30-36-50)48-20-13-21-52(41-48)66-60-27-11-9-23-55(60)56-24-10-12-28-61(56)66/h1-42H. The van der Waals surface area contributed by atoms with Crippen LogP contribution in [0.4, 0.5) is 17.1 Å². The average Bonchev–Trinajstić information content (AvgIpc) is 3.96. The lowest BCUT2D eigenvalue weighted by atomic mass is 9.96. The van der Waals surface area contributed by atoms with Crippen molar-refractivity contribution >= 4 is 71.6 Å². The van der Waals surface area contributed by atoms with Crippen molar-refractivity contribution in [2.24, 2.45) is 0 Å². The fourth-order valence-electron chi connectivity index (χ4n) is 10.2. The average molecular weight is 855 g/mol. The van der Waals surface area contributed by atoms with Gasteiger partial charge in [0.15, 0.2) is 0 Å². The molecule has 0 saturated carbocycles. The molecule has 2 aromatic heterocycles. The van der Waals surface area contributed by atoms with Crippen molar-refractivity contribution in [3.63, 3.8) is 0 Å². The van der Waals surface area contributed by atoms with Crippen molar-refractivity contribution in [1.82, 2.24) is 4.57 Å². The van der Waals surface area contributed by atoms with E-state index >= 15 is 0 Å². The Morgan fingerprint density at radius 3 is 1.52 bits per heavy atom. The lowest BCUT2D eigenvalue weighted by Gasteiger charge is -2.29. The molecule has 314 valence electrons. The van der Waals surface area contributed by atoms with Crippen LogP contribution in [-0.4, -0.2) is 4.57 Å². The zero-order chi connectivity index (χ0) is 44.3. The molecular weight excluding hydrogens is 813 g/mol. The fourth-order valence-corrected chi connectivity index (χ4v) is 10.2. The Kier molecular flexibility index (Phi) is 9.17. The minimum absolute atomic E-state index is 0.902. The Bertz CT molecular complexity index is 3900. The molecule has 0 bridgehead atoms. The van der Waals surface area contributed by atoms with Gasteiger partial charge in [0.05, 0.1) is 16.7 Å². The van der Waals surface area contributed by atoms with Gasteiger partial charge >= 0.3 is 0 Å². The van der Waals surface area contributed by atoms with Crippen molar-refractivity contribution in [2.75, 3.05) is 4.90 Å². The number of fused-ring (bicyclic) bond motifs is 8. The summed E-state index contributed by atoms with van der Waals surface area (Å²) in [6, 6.07) is 91.8. The first-order valence-corrected chi connectivity index (χ1v) is 22.9. The molecule has 0 spiro atoms. The Hall–Kier alpha value is -8.92. The van der Waals surface area contributed by atoms with Crippen LogP contribution >= 0.6 is 0 Å². The van der Waals surface area contributed by atoms with Crippen molar-refractivity contribution in [3.8, 4) is 50.2 Å². The van der Waals surface area contributed by atoms with Crippen molar-refractivity contribution in [3.05, 3.63) is 255 Å². The molecule has 13 aromatic rings. The largest absolute Gasteiger partial charge is 0.455 e. The number of rotatable bonds is 8. The van der Waals surface area contributed by atoms with Gasteiger partial charge in [-0.3, -0.25) is 0 Å². The number of aromatic nitrogens is 1. The van der Waals surface area contributed by atoms with Gasteiger partial charge in [0.25, 0.3) is 0 Å². The number of furan rings is 1. The molecular formula is C64H42N2O. The molecule has 11 aromatic carbocycles. The Labute approximate surface area is 388 Å². The van der Waals surface area contributed by atoms with Crippen LogP contribution in [-0.2, 0) is 0 Å². The fraction of sp³-hybridized carbons (Fsp3) is 0. The number of nitrogens with zero attached hydrogens (tertiary/aromatic N) is 2. The van der Waals surface area contributed by atoms with E-state index in [1.54, 1.807) is 0 Å². The zero-order valence-corrected chi connectivity index (χ0v) is 36.6. The first kappa shape index (κ1) is 38.5. The number of hydrogen-bond donors (Lipinski definition) is 0. The van der Waals surface area contributed by atoms with Gasteiger partial charge in [0.2, 0.25) is 0 Å². The summed E-state index contributed by atoms with van der Waals surface area (Å²) in [5.41, 5.74) is 17.7. The SMILES string of the molecule is c1ccc(-c2ccc(N(c3ccc(-c4cccc(-n5c6ccccc6c6ccccc65)c4)cc3)c3ccc(-c4cccc5c4oc4c6ccccc6ccc54)cc3)c(-c3ccccc3)c2)cc1. The van der Waals surface area contributed by atoms with Crippen LogP contribution in [0.5, 0.6) is 0 Å². The minimum Gasteiger partial charge on any atom is -0.455 e. The maximum absolute atomic E-state index is 6.78. The molecule has 0 atom stereocenters. The summed E-state index contributed by atoms with van der Waals surface area (Å²) in [5.74, 6) is 0. The van der Waals surface area contributed by atoms with Gasteiger partial charge in [-0.2, -0.15) is 0 Å². The van der Waals surface area contributed by atoms with Crippen LogP contribution in [0.2, 0.25) is 0 Å². The number of anilines is 3. The first-order valence-electron chi connectivity index (χ1n) is 22.9. The van der Waals surface area contributed by atoms with Crippen molar-refractivity contribution < 1.29 is 4.42 Å². The van der Waals surface area contributed by atoms with E-state index in [4.69, 9.17) is 4.42 Å². The first-order chi connectivity index (χ1) is 33.2. The van der Waals surface area contributed by atoms with Crippen LogP contribution in [0.15, 0.2) is 259 Å². The van der Waals surface area contributed by atoms with Crippen LogP contribution in [0.1, 0.15) is 0 Å². The molecule has 0 fully saturated rings. The van der Waals surface area contributed by atoms with Gasteiger partial charge in [0.1, 0.15) is 11.2 Å². The van der Waals surface area contributed by atoms with Crippen LogP contribution in [0.3, 0.4) is 0 Å². The summed E-state index contributed by atoms with van der Waals surface area (Å²) in [6.07, 6.45) is 0. The predicted molar refractivity (Wildman–Crippen MR) is 282 cm³/mol. The summed E-state index contributed by atoms with van der Waals surface area (Å²) in [7, 11) is 0.